The molecule has 1 aromatic rings. The summed E-state index contributed by atoms with van der Waals surface area (Å²) >= 11 is 1.36. The van der Waals surface area contributed by atoms with Gasteiger partial charge in [-0.3, -0.25) is 0 Å². The number of hydrogen-bond acceptors (Lipinski definition) is 6. The van der Waals surface area contributed by atoms with E-state index in [1.54, 1.807) is 33.0 Å². The van der Waals surface area contributed by atoms with Gasteiger partial charge in [-0.2, -0.15) is 11.8 Å². The molecular weight excluding hydrogens is 320 g/mol. The number of hydrogen-bond donors (Lipinski definition) is 2. The molecule has 1 rings (SSSR count). The van der Waals surface area contributed by atoms with Crippen molar-refractivity contribution in [2.75, 3.05) is 12.9 Å². The molecule has 0 saturated carbocycles. The third-order valence-corrected chi connectivity index (χ3v) is 3.66. The van der Waals surface area contributed by atoms with Crippen LogP contribution in [0.25, 0.3) is 0 Å². The second kappa shape index (κ2) is 8.61. The van der Waals surface area contributed by atoms with E-state index in [1.807, 2.05) is 6.07 Å². The average Bonchev–Trinajstić information content (AvgIpc) is 2.44. The molecular formula is C15H22N2O5S. The van der Waals surface area contributed by atoms with Crippen LogP contribution in [0.1, 0.15) is 26.3 Å². The van der Waals surface area contributed by atoms with Crippen LogP contribution in [0.2, 0.25) is 0 Å². The van der Waals surface area contributed by atoms with E-state index in [-0.39, 0.29) is 5.75 Å². The molecule has 7 nitrogen and oxygen atoms in total. The van der Waals surface area contributed by atoms with Crippen molar-refractivity contribution in [2.45, 2.75) is 38.2 Å². The third-order valence-electron chi connectivity index (χ3n) is 2.57. The maximum atomic E-state index is 11.7. The average molecular weight is 342 g/mol. The number of amides is 1. The van der Waals surface area contributed by atoms with Crippen LogP contribution >= 0.6 is 11.8 Å². The van der Waals surface area contributed by atoms with Crippen LogP contribution in [-0.2, 0) is 15.3 Å². The maximum absolute atomic E-state index is 11.7. The zero-order valence-corrected chi connectivity index (χ0v) is 14.5. The Morgan fingerprint density at radius 3 is 2.70 bits per heavy atom. The van der Waals surface area contributed by atoms with Gasteiger partial charge in [0.15, 0.2) is 0 Å². The van der Waals surface area contributed by atoms with Crippen molar-refractivity contribution in [2.24, 2.45) is 0 Å². The zero-order valence-electron chi connectivity index (χ0n) is 13.7. The van der Waals surface area contributed by atoms with E-state index in [4.69, 9.17) is 9.47 Å². The molecule has 0 bridgehead atoms. The normalized spacial score (nSPS) is 12.3. The Morgan fingerprint density at radius 1 is 1.43 bits per heavy atom. The molecule has 1 unspecified atom stereocenters. The fourth-order valence-corrected chi connectivity index (χ4v) is 2.65. The molecule has 2 N–H and O–H groups in total. The summed E-state index contributed by atoms with van der Waals surface area (Å²) in [6.45, 7) is 5.14. The summed E-state index contributed by atoms with van der Waals surface area (Å²) in [6, 6.07) is 2.61. The predicted octanol–water partition coefficient (Wildman–Crippen LogP) is 2.30. The van der Waals surface area contributed by atoms with E-state index < -0.39 is 23.7 Å². The van der Waals surface area contributed by atoms with Crippen molar-refractivity contribution >= 4 is 23.8 Å². The lowest BCUT2D eigenvalue weighted by Crippen LogP contribution is -2.44. The molecule has 0 radical (unpaired) electrons. The van der Waals surface area contributed by atoms with Crippen LogP contribution in [0.5, 0.6) is 5.88 Å². The lowest BCUT2D eigenvalue weighted by Gasteiger charge is -2.21. The Morgan fingerprint density at radius 2 is 2.13 bits per heavy atom. The van der Waals surface area contributed by atoms with E-state index in [0.717, 1.165) is 5.56 Å². The quantitative estimate of drug-likeness (QED) is 0.784. The van der Waals surface area contributed by atoms with Crippen LogP contribution in [0, 0.1) is 0 Å². The zero-order chi connectivity index (χ0) is 17.5. The number of aromatic nitrogens is 1. The highest BCUT2D eigenvalue weighted by molar-refractivity contribution is 7.98. The smallest absolute Gasteiger partial charge is 0.408 e. The van der Waals surface area contributed by atoms with Gasteiger partial charge < -0.3 is 19.9 Å². The largest absolute Gasteiger partial charge is 0.481 e. The number of carbonyl (C=O) groups is 2. The van der Waals surface area contributed by atoms with Crippen LogP contribution in [0.4, 0.5) is 4.79 Å². The number of carbonyl (C=O) groups excluding carboxylic acids is 1. The molecule has 1 aromatic heterocycles. The van der Waals surface area contributed by atoms with Gasteiger partial charge in [0, 0.05) is 23.3 Å². The summed E-state index contributed by atoms with van der Waals surface area (Å²) in [4.78, 5) is 27.0. The molecule has 0 fully saturated rings. The van der Waals surface area contributed by atoms with Gasteiger partial charge >= 0.3 is 12.1 Å². The SMILES string of the molecule is COc1ncccc1CSCC(NC(=O)OC(C)(C)C)C(=O)O. The first-order valence-corrected chi connectivity index (χ1v) is 8.16. The molecule has 0 aliphatic rings. The Kier molecular flexibility index (Phi) is 7.15. The molecule has 128 valence electrons. The highest BCUT2D eigenvalue weighted by Crippen LogP contribution is 2.20. The Balaban J connectivity index is 2.54. The fourth-order valence-electron chi connectivity index (χ4n) is 1.63. The minimum absolute atomic E-state index is 0.201. The van der Waals surface area contributed by atoms with Gasteiger partial charge in [0.05, 0.1) is 7.11 Å². The summed E-state index contributed by atoms with van der Waals surface area (Å²) < 4.78 is 10.2. The summed E-state index contributed by atoms with van der Waals surface area (Å²) in [7, 11) is 1.53. The summed E-state index contributed by atoms with van der Waals surface area (Å²) in [5.74, 6) is 0.122. The number of pyridine rings is 1. The van der Waals surface area contributed by atoms with Crippen LogP contribution in [-0.4, -0.2) is 46.7 Å². The van der Waals surface area contributed by atoms with E-state index in [1.165, 1.54) is 18.9 Å². The van der Waals surface area contributed by atoms with Crippen LogP contribution < -0.4 is 10.1 Å². The number of ether oxygens (including phenoxy) is 2. The molecule has 23 heavy (non-hydrogen) atoms. The minimum Gasteiger partial charge on any atom is -0.481 e. The first kappa shape index (κ1) is 19.1. The van der Waals surface area contributed by atoms with E-state index >= 15 is 0 Å². The number of carboxylic acids is 1. The van der Waals surface area contributed by atoms with E-state index in [0.29, 0.717) is 11.6 Å². The highest BCUT2D eigenvalue weighted by Gasteiger charge is 2.24. The monoisotopic (exact) mass is 342 g/mol. The minimum atomic E-state index is -1.11. The number of rotatable bonds is 7. The molecule has 8 heteroatoms. The summed E-state index contributed by atoms with van der Waals surface area (Å²) in [5.41, 5.74) is 0.185. The van der Waals surface area contributed by atoms with Gasteiger partial charge in [-0.25, -0.2) is 14.6 Å². The van der Waals surface area contributed by atoms with Gasteiger partial charge in [0.2, 0.25) is 5.88 Å². The fraction of sp³-hybridized carbons (Fsp3) is 0.533. The second-order valence-electron chi connectivity index (χ2n) is 5.72. The van der Waals surface area contributed by atoms with Gasteiger partial charge in [-0.15, -0.1) is 0 Å². The maximum Gasteiger partial charge on any atom is 0.408 e. The highest BCUT2D eigenvalue weighted by atomic mass is 32.2. The van der Waals surface area contributed by atoms with Gasteiger partial charge in [-0.05, 0) is 26.8 Å². The Labute approximate surface area is 139 Å². The molecule has 0 aliphatic carbocycles. The first-order valence-electron chi connectivity index (χ1n) is 7.01. The van der Waals surface area contributed by atoms with E-state index in [9.17, 15) is 14.7 Å². The number of nitrogens with one attached hydrogen (secondary N) is 1. The van der Waals surface area contributed by atoms with Crippen molar-refractivity contribution in [3.63, 3.8) is 0 Å². The number of nitrogens with zero attached hydrogens (tertiary/aromatic N) is 1. The molecule has 0 aliphatic heterocycles. The molecule has 0 spiro atoms. The second-order valence-corrected chi connectivity index (χ2v) is 6.75. The third kappa shape index (κ3) is 7.23. The molecule has 1 atom stereocenters. The number of aliphatic carboxylic acids is 1. The molecule has 0 aromatic carbocycles. The number of thioether (sulfide) groups is 1. The van der Waals surface area contributed by atoms with Gasteiger partial charge in [-0.1, -0.05) is 6.07 Å². The van der Waals surface area contributed by atoms with Crippen molar-refractivity contribution in [1.82, 2.24) is 10.3 Å². The number of alkyl carbamates (subject to hydrolysis) is 1. The standard InChI is InChI=1S/C15H22N2O5S/c1-15(2,3)22-14(20)17-11(13(18)19)9-23-8-10-6-5-7-16-12(10)21-4/h5-7,11H,8-9H2,1-4H3,(H,17,20)(H,18,19). The summed E-state index contributed by atoms with van der Waals surface area (Å²) in [6.07, 6.45) is 0.876. The number of carboxylic acid groups (broad SMARTS) is 1. The summed E-state index contributed by atoms with van der Waals surface area (Å²) in [5, 5.41) is 11.6. The topological polar surface area (TPSA) is 97.8 Å². The Hall–Kier alpha value is -1.96. The molecule has 0 saturated heterocycles. The van der Waals surface area contributed by atoms with Crippen molar-refractivity contribution in [3.8, 4) is 5.88 Å². The van der Waals surface area contributed by atoms with Crippen molar-refractivity contribution in [1.29, 1.82) is 0 Å². The molecule has 1 amide bonds. The molecule has 1 heterocycles. The van der Waals surface area contributed by atoms with E-state index in [2.05, 4.69) is 10.3 Å². The van der Waals surface area contributed by atoms with Crippen LogP contribution in [0.3, 0.4) is 0 Å². The van der Waals surface area contributed by atoms with Gasteiger partial charge in [0.25, 0.3) is 0 Å². The lowest BCUT2D eigenvalue weighted by molar-refractivity contribution is -0.138. The van der Waals surface area contributed by atoms with Crippen LogP contribution in [0.15, 0.2) is 18.3 Å². The van der Waals surface area contributed by atoms with Gasteiger partial charge in [0.1, 0.15) is 11.6 Å². The lowest BCUT2D eigenvalue weighted by atomic mass is 10.2. The van der Waals surface area contributed by atoms with Crippen molar-refractivity contribution in [3.05, 3.63) is 23.9 Å². The number of methoxy groups -OCH3 is 1. The van der Waals surface area contributed by atoms with Crippen molar-refractivity contribution < 1.29 is 24.2 Å². The Bertz CT molecular complexity index is 545. The predicted molar refractivity (Wildman–Crippen MR) is 87.7 cm³/mol. The first-order chi connectivity index (χ1) is 10.7.